The largest absolute Gasteiger partial charge is 0.337 e. The minimum atomic E-state index is -0.179. The number of carbonyl (C=O) groups is 1. The van der Waals surface area contributed by atoms with Crippen molar-refractivity contribution in [1.29, 1.82) is 0 Å². The number of rotatable bonds is 7. The van der Waals surface area contributed by atoms with Crippen LogP contribution in [-0.2, 0) is 11.2 Å². The van der Waals surface area contributed by atoms with Crippen LogP contribution < -0.4 is 5.32 Å². The topological polar surface area (TPSA) is 71.3 Å². The molecular weight excluding hydrogens is 340 g/mol. The highest BCUT2D eigenvalue weighted by molar-refractivity contribution is 5.93. The molecule has 27 heavy (non-hydrogen) atoms. The Morgan fingerprint density at radius 2 is 1.85 bits per heavy atom. The fourth-order valence-corrected chi connectivity index (χ4v) is 2.80. The molecule has 0 aliphatic rings. The van der Waals surface area contributed by atoms with E-state index in [9.17, 15) is 4.79 Å². The fourth-order valence-electron chi connectivity index (χ4n) is 2.80. The summed E-state index contributed by atoms with van der Waals surface area (Å²) in [7, 11) is 1.86. The minimum Gasteiger partial charge on any atom is -0.337 e. The normalized spacial score (nSPS) is 12.1. The first-order valence-corrected chi connectivity index (χ1v) is 9.05. The Kier molecular flexibility index (Phi) is 5.98. The minimum absolute atomic E-state index is 0.0759. The van der Waals surface area contributed by atoms with Gasteiger partial charge in [0.25, 0.3) is 0 Å². The Hall–Kier alpha value is -2.99. The lowest BCUT2D eigenvalue weighted by Crippen LogP contribution is -2.32. The summed E-state index contributed by atoms with van der Waals surface area (Å²) in [6, 6.07) is 17.3. The Balaban J connectivity index is 1.63. The van der Waals surface area contributed by atoms with Crippen LogP contribution in [0.1, 0.15) is 31.3 Å². The molecule has 1 unspecified atom stereocenters. The summed E-state index contributed by atoms with van der Waals surface area (Å²) in [5, 5.41) is 7.03. The average Bonchev–Trinajstić information content (AvgIpc) is 3.18. The van der Waals surface area contributed by atoms with E-state index in [0.29, 0.717) is 11.7 Å². The molecule has 3 rings (SSSR count). The van der Waals surface area contributed by atoms with Gasteiger partial charge in [-0.3, -0.25) is 9.69 Å². The van der Waals surface area contributed by atoms with Crippen molar-refractivity contribution in [2.45, 2.75) is 26.3 Å². The van der Waals surface area contributed by atoms with Crippen molar-refractivity contribution in [2.24, 2.45) is 0 Å². The van der Waals surface area contributed by atoms with Gasteiger partial charge in [-0.05, 0) is 32.0 Å². The number of hydrogen-bond donors (Lipinski definition) is 1. The van der Waals surface area contributed by atoms with Crippen LogP contribution in [0.4, 0.5) is 5.69 Å². The Morgan fingerprint density at radius 3 is 2.59 bits per heavy atom. The molecule has 6 heteroatoms. The van der Waals surface area contributed by atoms with Gasteiger partial charge >= 0.3 is 0 Å². The predicted molar refractivity (Wildman–Crippen MR) is 105 cm³/mol. The molecular formula is C21H24N4O2. The van der Waals surface area contributed by atoms with Gasteiger partial charge in [0.05, 0.1) is 12.6 Å². The van der Waals surface area contributed by atoms with Crippen molar-refractivity contribution < 1.29 is 9.32 Å². The maximum atomic E-state index is 12.4. The smallest absolute Gasteiger partial charge is 0.244 e. The second-order valence-electron chi connectivity index (χ2n) is 6.47. The number of aromatic nitrogens is 2. The van der Waals surface area contributed by atoms with Crippen LogP contribution in [0.2, 0.25) is 0 Å². The fraction of sp³-hybridized carbons (Fsp3) is 0.286. The first-order chi connectivity index (χ1) is 13.1. The van der Waals surface area contributed by atoms with Gasteiger partial charge in [-0.2, -0.15) is 4.98 Å². The number of para-hydroxylation sites is 1. The number of anilines is 1. The molecule has 6 nitrogen and oxygen atoms in total. The van der Waals surface area contributed by atoms with Crippen LogP contribution >= 0.6 is 0 Å². The van der Waals surface area contributed by atoms with E-state index < -0.39 is 0 Å². The molecule has 0 aliphatic heterocycles. The summed E-state index contributed by atoms with van der Waals surface area (Å²) in [6.07, 6.45) is 0.868. The van der Waals surface area contributed by atoms with E-state index in [1.807, 2.05) is 73.5 Å². The summed E-state index contributed by atoms with van der Waals surface area (Å²) in [6.45, 7) is 4.23. The summed E-state index contributed by atoms with van der Waals surface area (Å²) in [4.78, 5) is 18.8. The number of benzene rings is 2. The maximum absolute atomic E-state index is 12.4. The van der Waals surface area contributed by atoms with Crippen LogP contribution in [0.5, 0.6) is 0 Å². The lowest BCUT2D eigenvalue weighted by Gasteiger charge is -2.21. The highest BCUT2D eigenvalue weighted by Gasteiger charge is 2.21. The average molecular weight is 364 g/mol. The van der Waals surface area contributed by atoms with Crippen LogP contribution in [0, 0.1) is 0 Å². The zero-order chi connectivity index (χ0) is 19.2. The van der Waals surface area contributed by atoms with Crippen LogP contribution in [0.15, 0.2) is 59.1 Å². The van der Waals surface area contributed by atoms with E-state index in [1.54, 1.807) is 0 Å². The third kappa shape index (κ3) is 4.60. The van der Waals surface area contributed by atoms with Crippen molar-refractivity contribution >= 4 is 11.6 Å². The molecule has 0 bridgehead atoms. The van der Waals surface area contributed by atoms with Gasteiger partial charge in [0.15, 0.2) is 0 Å². The molecule has 1 atom stereocenters. The number of aryl methyl sites for hydroxylation is 1. The molecule has 140 valence electrons. The predicted octanol–water partition coefficient (Wildman–Crippen LogP) is 3.93. The quantitative estimate of drug-likeness (QED) is 0.688. The molecule has 0 aliphatic carbocycles. The van der Waals surface area contributed by atoms with Crippen LogP contribution in [0.25, 0.3) is 11.4 Å². The molecule has 2 aromatic carbocycles. The van der Waals surface area contributed by atoms with E-state index in [-0.39, 0.29) is 18.5 Å². The van der Waals surface area contributed by atoms with Gasteiger partial charge in [-0.15, -0.1) is 0 Å². The molecule has 3 aromatic rings. The number of nitrogens with one attached hydrogen (secondary N) is 1. The van der Waals surface area contributed by atoms with Gasteiger partial charge in [0, 0.05) is 11.3 Å². The van der Waals surface area contributed by atoms with Gasteiger partial charge in [-0.1, -0.05) is 60.6 Å². The molecule has 1 N–H and O–H groups in total. The third-order valence-corrected chi connectivity index (χ3v) is 4.56. The van der Waals surface area contributed by atoms with Gasteiger partial charge < -0.3 is 9.84 Å². The molecule has 0 saturated carbocycles. The number of hydrogen-bond acceptors (Lipinski definition) is 5. The lowest BCUT2D eigenvalue weighted by molar-refractivity contribution is -0.117. The van der Waals surface area contributed by atoms with Gasteiger partial charge in [0.1, 0.15) is 0 Å². The number of likely N-dealkylation sites (N-methyl/N-ethyl adjacent to an activating group) is 1. The molecule has 1 amide bonds. The van der Waals surface area contributed by atoms with Crippen LogP contribution in [0.3, 0.4) is 0 Å². The molecule has 0 radical (unpaired) electrons. The monoisotopic (exact) mass is 364 g/mol. The van der Waals surface area contributed by atoms with Crippen molar-refractivity contribution in [3.63, 3.8) is 0 Å². The zero-order valence-corrected chi connectivity index (χ0v) is 15.8. The zero-order valence-electron chi connectivity index (χ0n) is 15.8. The Morgan fingerprint density at radius 1 is 1.15 bits per heavy atom. The highest BCUT2D eigenvalue weighted by Crippen LogP contribution is 2.21. The summed E-state index contributed by atoms with van der Waals surface area (Å²) < 4.78 is 5.40. The number of nitrogens with zero attached hydrogens (tertiary/aromatic N) is 3. The summed E-state index contributed by atoms with van der Waals surface area (Å²) >= 11 is 0. The van der Waals surface area contributed by atoms with E-state index in [1.165, 1.54) is 0 Å². The van der Waals surface area contributed by atoms with E-state index in [2.05, 4.69) is 22.4 Å². The van der Waals surface area contributed by atoms with Crippen molar-refractivity contribution in [3.8, 4) is 11.4 Å². The first kappa shape index (κ1) is 18.8. The SMILES string of the molecule is CCc1ccccc1NC(=O)CN(C)C(C)c1nc(-c2ccccc2)no1. The molecule has 1 aromatic heterocycles. The standard InChI is InChI=1S/C21H24N4O2/c1-4-16-10-8-9-13-18(16)22-19(26)14-25(3)15(2)21-23-20(24-27-21)17-11-6-5-7-12-17/h5-13,15H,4,14H2,1-3H3,(H,22,26). The van der Waals surface area contributed by atoms with Crippen molar-refractivity contribution in [2.75, 3.05) is 18.9 Å². The van der Waals surface area contributed by atoms with Gasteiger partial charge in [-0.25, -0.2) is 0 Å². The number of carbonyl (C=O) groups excluding carboxylic acids is 1. The first-order valence-electron chi connectivity index (χ1n) is 9.05. The second kappa shape index (κ2) is 8.60. The highest BCUT2D eigenvalue weighted by atomic mass is 16.5. The van der Waals surface area contributed by atoms with Crippen molar-refractivity contribution in [3.05, 3.63) is 66.1 Å². The number of amides is 1. The maximum Gasteiger partial charge on any atom is 0.244 e. The summed E-state index contributed by atoms with van der Waals surface area (Å²) in [5.74, 6) is 0.957. The molecule has 1 heterocycles. The van der Waals surface area contributed by atoms with E-state index in [4.69, 9.17) is 4.52 Å². The van der Waals surface area contributed by atoms with Crippen LogP contribution in [-0.4, -0.2) is 34.5 Å². The molecule has 0 saturated heterocycles. The van der Waals surface area contributed by atoms with E-state index in [0.717, 1.165) is 23.2 Å². The second-order valence-corrected chi connectivity index (χ2v) is 6.47. The molecule has 0 fully saturated rings. The lowest BCUT2D eigenvalue weighted by atomic mass is 10.1. The van der Waals surface area contributed by atoms with Gasteiger partial charge in [0.2, 0.25) is 17.6 Å². The van der Waals surface area contributed by atoms with Crippen molar-refractivity contribution in [1.82, 2.24) is 15.0 Å². The Labute approximate surface area is 159 Å². The molecule has 0 spiro atoms. The summed E-state index contributed by atoms with van der Waals surface area (Å²) in [5.41, 5.74) is 2.87. The van der Waals surface area contributed by atoms with E-state index >= 15 is 0 Å². The third-order valence-electron chi connectivity index (χ3n) is 4.56. The Bertz CT molecular complexity index is 892.